The number of carbonyl (C=O) groups is 1. The minimum atomic E-state index is 0.0546. The topological polar surface area (TPSA) is 41.6 Å². The van der Waals surface area contributed by atoms with E-state index < -0.39 is 0 Å². The summed E-state index contributed by atoms with van der Waals surface area (Å²) in [6.07, 6.45) is 3.47. The normalized spacial score (nSPS) is 23.7. The highest BCUT2D eigenvalue weighted by Gasteiger charge is 2.44. The van der Waals surface area contributed by atoms with Gasteiger partial charge in [0.15, 0.2) is 0 Å². The molecule has 0 bridgehead atoms. The van der Waals surface area contributed by atoms with Crippen molar-refractivity contribution in [2.75, 3.05) is 26.2 Å². The van der Waals surface area contributed by atoms with Crippen LogP contribution in [0.15, 0.2) is 30.3 Å². The number of morpholine rings is 1. The zero-order valence-corrected chi connectivity index (χ0v) is 12.7. The molecule has 1 aliphatic heterocycles. The Bertz CT molecular complexity index is 485. The fourth-order valence-corrected chi connectivity index (χ4v) is 3.02. The summed E-state index contributed by atoms with van der Waals surface area (Å²) >= 11 is 0. The number of hydrogen-bond donors (Lipinski definition) is 1. The average Bonchev–Trinajstić information content (AvgIpc) is 3.35. The van der Waals surface area contributed by atoms with Crippen molar-refractivity contribution in [2.24, 2.45) is 0 Å². The Morgan fingerprint density at radius 2 is 2.14 bits per heavy atom. The number of nitrogens with one attached hydrogen (secondary N) is 1. The van der Waals surface area contributed by atoms with E-state index in [-0.39, 0.29) is 17.6 Å². The van der Waals surface area contributed by atoms with Gasteiger partial charge in [-0.15, -0.1) is 0 Å². The van der Waals surface area contributed by atoms with E-state index in [4.69, 9.17) is 4.74 Å². The number of hydrogen-bond acceptors (Lipinski definition) is 2. The van der Waals surface area contributed by atoms with Crippen molar-refractivity contribution in [2.45, 2.75) is 37.7 Å². The maximum Gasteiger partial charge on any atom is 0.317 e. The van der Waals surface area contributed by atoms with Crippen LogP contribution in [0.5, 0.6) is 0 Å². The van der Waals surface area contributed by atoms with Gasteiger partial charge in [0.2, 0.25) is 0 Å². The second-order valence-corrected chi connectivity index (χ2v) is 6.15. The number of carbonyl (C=O) groups excluding carboxylic acids is 1. The molecule has 3 rings (SSSR count). The fraction of sp³-hybridized carbons (Fsp3) is 0.588. The zero-order valence-electron chi connectivity index (χ0n) is 12.7. The monoisotopic (exact) mass is 288 g/mol. The van der Waals surface area contributed by atoms with Crippen molar-refractivity contribution in [3.63, 3.8) is 0 Å². The van der Waals surface area contributed by atoms with E-state index in [0.29, 0.717) is 19.7 Å². The SMILES string of the molecule is CC[C@@H]1CN(C(=O)NCC2(c3ccccc3)CC2)CCO1. The van der Waals surface area contributed by atoms with Gasteiger partial charge < -0.3 is 15.0 Å². The van der Waals surface area contributed by atoms with Crippen molar-refractivity contribution >= 4 is 6.03 Å². The van der Waals surface area contributed by atoms with Gasteiger partial charge in [0.05, 0.1) is 12.7 Å². The van der Waals surface area contributed by atoms with Crippen LogP contribution in [0.2, 0.25) is 0 Å². The van der Waals surface area contributed by atoms with E-state index in [1.165, 1.54) is 5.56 Å². The highest BCUT2D eigenvalue weighted by atomic mass is 16.5. The Labute approximate surface area is 126 Å². The Kier molecular flexibility index (Phi) is 4.15. The first-order valence-electron chi connectivity index (χ1n) is 7.93. The maximum atomic E-state index is 12.3. The Hall–Kier alpha value is -1.55. The molecule has 1 aromatic rings. The van der Waals surface area contributed by atoms with Gasteiger partial charge in [-0.2, -0.15) is 0 Å². The number of nitrogens with zero attached hydrogens (tertiary/aromatic N) is 1. The second kappa shape index (κ2) is 6.06. The molecular formula is C17H24N2O2. The average molecular weight is 288 g/mol. The van der Waals surface area contributed by atoms with Crippen molar-refractivity contribution in [1.82, 2.24) is 10.2 Å². The van der Waals surface area contributed by atoms with Gasteiger partial charge in [0.1, 0.15) is 0 Å². The van der Waals surface area contributed by atoms with Crippen LogP contribution in [-0.2, 0) is 10.2 Å². The summed E-state index contributed by atoms with van der Waals surface area (Å²) in [6, 6.07) is 10.6. The van der Waals surface area contributed by atoms with Crippen LogP contribution in [0.25, 0.3) is 0 Å². The molecule has 2 aliphatic rings. The highest BCUT2D eigenvalue weighted by molar-refractivity contribution is 5.74. The summed E-state index contributed by atoms with van der Waals surface area (Å²) in [5.41, 5.74) is 1.52. The summed E-state index contributed by atoms with van der Waals surface area (Å²) in [4.78, 5) is 14.2. The van der Waals surface area contributed by atoms with Crippen LogP contribution < -0.4 is 5.32 Å². The lowest BCUT2D eigenvalue weighted by atomic mass is 9.96. The predicted molar refractivity (Wildman–Crippen MR) is 82.4 cm³/mol. The molecule has 0 unspecified atom stereocenters. The van der Waals surface area contributed by atoms with Crippen molar-refractivity contribution < 1.29 is 9.53 Å². The largest absolute Gasteiger partial charge is 0.375 e. The molecule has 2 fully saturated rings. The molecule has 1 heterocycles. The second-order valence-electron chi connectivity index (χ2n) is 6.15. The van der Waals surface area contributed by atoms with Crippen LogP contribution in [0.1, 0.15) is 31.7 Å². The zero-order chi connectivity index (χ0) is 14.7. The minimum Gasteiger partial charge on any atom is -0.375 e. The van der Waals surface area contributed by atoms with Crippen LogP contribution in [0.3, 0.4) is 0 Å². The molecule has 1 atom stereocenters. The third-order valence-electron chi connectivity index (χ3n) is 4.70. The van der Waals surface area contributed by atoms with E-state index in [1.807, 2.05) is 11.0 Å². The Morgan fingerprint density at radius 1 is 1.38 bits per heavy atom. The lowest BCUT2D eigenvalue weighted by Crippen LogP contribution is -2.50. The third kappa shape index (κ3) is 3.21. The molecule has 0 spiro atoms. The molecular weight excluding hydrogens is 264 g/mol. The maximum absolute atomic E-state index is 12.3. The number of benzene rings is 1. The van der Waals surface area contributed by atoms with Gasteiger partial charge in [-0.05, 0) is 24.8 Å². The molecule has 1 saturated heterocycles. The molecule has 0 radical (unpaired) electrons. The smallest absolute Gasteiger partial charge is 0.317 e. The first-order chi connectivity index (χ1) is 10.2. The van der Waals surface area contributed by atoms with E-state index in [1.54, 1.807) is 0 Å². The van der Waals surface area contributed by atoms with Gasteiger partial charge in [0.25, 0.3) is 0 Å². The molecule has 1 N–H and O–H groups in total. The molecule has 1 saturated carbocycles. The van der Waals surface area contributed by atoms with Gasteiger partial charge >= 0.3 is 6.03 Å². The van der Waals surface area contributed by atoms with Crippen LogP contribution in [0.4, 0.5) is 4.79 Å². The number of ether oxygens (including phenoxy) is 1. The highest BCUT2D eigenvalue weighted by Crippen LogP contribution is 2.47. The van der Waals surface area contributed by atoms with Gasteiger partial charge in [0, 0.05) is 25.0 Å². The third-order valence-corrected chi connectivity index (χ3v) is 4.70. The number of amides is 2. The van der Waals surface area contributed by atoms with E-state index in [2.05, 4.69) is 36.5 Å². The van der Waals surface area contributed by atoms with Gasteiger partial charge in [-0.25, -0.2) is 4.79 Å². The van der Waals surface area contributed by atoms with E-state index >= 15 is 0 Å². The fourth-order valence-electron chi connectivity index (χ4n) is 3.02. The van der Waals surface area contributed by atoms with Crippen LogP contribution >= 0.6 is 0 Å². The summed E-state index contributed by atoms with van der Waals surface area (Å²) in [6.45, 7) is 4.89. The standard InChI is InChI=1S/C17H24N2O2/c1-2-15-12-19(10-11-21-15)16(20)18-13-17(8-9-17)14-6-4-3-5-7-14/h3-7,15H,2,8-13H2,1H3,(H,18,20)/t15-/m1/s1. The number of rotatable bonds is 4. The Balaban J connectivity index is 1.54. The van der Waals surface area contributed by atoms with E-state index in [9.17, 15) is 4.79 Å². The molecule has 21 heavy (non-hydrogen) atoms. The first-order valence-corrected chi connectivity index (χ1v) is 7.93. The minimum absolute atomic E-state index is 0.0546. The van der Waals surface area contributed by atoms with E-state index in [0.717, 1.165) is 25.8 Å². The lowest BCUT2D eigenvalue weighted by molar-refractivity contribution is -0.0154. The van der Waals surface area contributed by atoms with Crippen molar-refractivity contribution in [3.8, 4) is 0 Å². The molecule has 4 heteroatoms. The summed E-state index contributed by atoms with van der Waals surface area (Å²) in [7, 11) is 0. The predicted octanol–water partition coefficient (Wildman–Crippen LogP) is 2.54. The lowest BCUT2D eigenvalue weighted by Gasteiger charge is -2.33. The summed E-state index contributed by atoms with van der Waals surface area (Å²) < 4.78 is 5.61. The van der Waals surface area contributed by atoms with Gasteiger partial charge in [-0.3, -0.25) is 0 Å². The Morgan fingerprint density at radius 3 is 2.81 bits per heavy atom. The summed E-state index contributed by atoms with van der Waals surface area (Å²) in [5, 5.41) is 3.13. The van der Waals surface area contributed by atoms with Crippen LogP contribution in [0, 0.1) is 0 Å². The molecule has 2 amide bonds. The van der Waals surface area contributed by atoms with Crippen molar-refractivity contribution in [3.05, 3.63) is 35.9 Å². The van der Waals surface area contributed by atoms with Gasteiger partial charge in [-0.1, -0.05) is 37.3 Å². The molecule has 114 valence electrons. The molecule has 4 nitrogen and oxygen atoms in total. The number of urea groups is 1. The van der Waals surface area contributed by atoms with Crippen LogP contribution in [-0.4, -0.2) is 43.3 Å². The molecule has 1 aromatic carbocycles. The molecule has 0 aromatic heterocycles. The van der Waals surface area contributed by atoms with Crippen molar-refractivity contribution in [1.29, 1.82) is 0 Å². The quantitative estimate of drug-likeness (QED) is 0.925. The summed E-state index contributed by atoms with van der Waals surface area (Å²) in [5.74, 6) is 0. The molecule has 1 aliphatic carbocycles. The first kappa shape index (κ1) is 14.4.